The zero-order chi connectivity index (χ0) is 26.3. The molecule has 3 N–H and O–H groups in total. The molecule has 0 radical (unpaired) electrons. The number of alkyl halides is 3. The average Bonchev–Trinajstić information content (AvgIpc) is 3.62. The van der Waals surface area contributed by atoms with Crippen molar-refractivity contribution in [2.24, 2.45) is 17.1 Å². The van der Waals surface area contributed by atoms with Crippen LogP contribution in [0, 0.1) is 29.0 Å². The summed E-state index contributed by atoms with van der Waals surface area (Å²) in [5.41, 5.74) is 1.73. The summed E-state index contributed by atoms with van der Waals surface area (Å²) in [6.07, 6.45) is -1.59. The number of amides is 1. The molecule has 1 fully saturated rings. The third-order valence-electron chi connectivity index (χ3n) is 5.83. The number of halogens is 4. The van der Waals surface area contributed by atoms with Crippen LogP contribution in [0.3, 0.4) is 0 Å². The molecular formula is C26H22F4N4O2. The molecule has 1 aromatic carbocycles. The lowest BCUT2D eigenvalue weighted by atomic mass is 9.84. The normalized spacial score (nSPS) is 13.7. The van der Waals surface area contributed by atoms with Crippen LogP contribution in [0.25, 0.3) is 22.8 Å². The van der Waals surface area contributed by atoms with Crippen molar-refractivity contribution in [1.82, 2.24) is 15.0 Å². The highest BCUT2D eigenvalue weighted by Crippen LogP contribution is 2.39. The Bertz CT molecular complexity index is 1440. The van der Waals surface area contributed by atoms with E-state index in [1.54, 1.807) is 6.07 Å². The minimum absolute atomic E-state index is 0.0363. The molecule has 4 rings (SSSR count). The van der Waals surface area contributed by atoms with Crippen LogP contribution in [-0.2, 0) is 17.4 Å². The summed E-state index contributed by atoms with van der Waals surface area (Å²) in [7, 11) is 0. The van der Waals surface area contributed by atoms with Gasteiger partial charge in [0, 0.05) is 29.2 Å². The smallest absolute Gasteiger partial charge is 0.369 e. The molecule has 36 heavy (non-hydrogen) atoms. The fourth-order valence-corrected chi connectivity index (χ4v) is 3.53. The molecule has 0 aliphatic heterocycles. The maximum absolute atomic E-state index is 15.6. The molecule has 1 aliphatic carbocycles. The Labute approximate surface area is 204 Å². The summed E-state index contributed by atoms with van der Waals surface area (Å²) in [6, 6.07) is 5.91. The van der Waals surface area contributed by atoms with E-state index in [1.807, 2.05) is 0 Å². The van der Waals surface area contributed by atoms with E-state index in [9.17, 15) is 22.8 Å². The second-order valence-corrected chi connectivity index (χ2v) is 9.34. The van der Waals surface area contributed by atoms with E-state index >= 15 is 4.39 Å². The minimum atomic E-state index is -4.94. The van der Waals surface area contributed by atoms with E-state index in [4.69, 9.17) is 5.73 Å². The van der Waals surface area contributed by atoms with Gasteiger partial charge in [-0.25, -0.2) is 9.37 Å². The molecule has 2 aromatic heterocycles. The number of nitrogens with two attached hydrogens (primary N) is 1. The minimum Gasteiger partial charge on any atom is -0.369 e. The van der Waals surface area contributed by atoms with Crippen molar-refractivity contribution in [3.8, 4) is 34.6 Å². The van der Waals surface area contributed by atoms with Crippen LogP contribution in [0.15, 0.2) is 41.3 Å². The SMILES string of the molecule is CC(C)(Cc1ccc(C(F)(F)F)c(-c2nc(-c3ccc(C#CC4CC4)cn3)cc(=O)[nH]2)c1F)C(N)=O. The Balaban J connectivity index is 1.81. The van der Waals surface area contributed by atoms with E-state index < -0.39 is 45.8 Å². The quantitative estimate of drug-likeness (QED) is 0.400. The van der Waals surface area contributed by atoms with E-state index in [1.165, 1.54) is 26.1 Å². The van der Waals surface area contributed by atoms with E-state index in [0.717, 1.165) is 25.0 Å². The lowest BCUT2D eigenvalue weighted by Crippen LogP contribution is -2.33. The average molecular weight is 498 g/mol. The Morgan fingerprint density at radius 1 is 1.17 bits per heavy atom. The van der Waals surface area contributed by atoms with Crippen LogP contribution in [0.2, 0.25) is 0 Å². The number of H-pyrrole nitrogens is 1. The highest BCUT2D eigenvalue weighted by atomic mass is 19.4. The first kappa shape index (κ1) is 25.1. The molecule has 10 heteroatoms. The van der Waals surface area contributed by atoms with Crippen LogP contribution in [0.4, 0.5) is 17.6 Å². The number of pyridine rings is 1. The molecule has 3 aromatic rings. The highest BCUT2D eigenvalue weighted by Gasteiger charge is 2.38. The van der Waals surface area contributed by atoms with Crippen molar-refractivity contribution < 1.29 is 22.4 Å². The number of nitrogens with one attached hydrogen (secondary N) is 1. The number of hydrogen-bond acceptors (Lipinski definition) is 4. The molecule has 1 aliphatic rings. The lowest BCUT2D eigenvalue weighted by molar-refractivity contribution is -0.137. The Morgan fingerprint density at radius 2 is 1.89 bits per heavy atom. The summed E-state index contributed by atoms with van der Waals surface area (Å²) in [4.78, 5) is 34.6. The van der Waals surface area contributed by atoms with Gasteiger partial charge in [0.05, 0.1) is 22.5 Å². The zero-order valence-corrected chi connectivity index (χ0v) is 19.5. The maximum atomic E-state index is 15.6. The standard InChI is InChI=1S/C26H22F4N4O2/c1-25(2,24(31)36)12-16-8-9-17(26(28,29)30)21(22(16)27)23-33-19(11-20(35)34-23)18-10-7-15(13-32-18)6-5-14-3-4-14/h7-11,13-14H,3-4,12H2,1-2H3,(H2,31,36)(H,33,34,35). The predicted octanol–water partition coefficient (Wildman–Crippen LogP) is 4.47. The van der Waals surface area contributed by atoms with Crippen LogP contribution in [-0.4, -0.2) is 20.9 Å². The number of aromatic nitrogens is 3. The molecule has 0 atom stereocenters. The number of nitrogens with zero attached hydrogens (tertiary/aromatic N) is 2. The van der Waals surface area contributed by atoms with Crippen molar-refractivity contribution in [1.29, 1.82) is 0 Å². The van der Waals surface area contributed by atoms with Crippen molar-refractivity contribution in [2.45, 2.75) is 39.3 Å². The number of benzene rings is 1. The molecular weight excluding hydrogens is 476 g/mol. The van der Waals surface area contributed by atoms with E-state index in [2.05, 4.69) is 26.8 Å². The summed E-state index contributed by atoms with van der Waals surface area (Å²) in [5, 5.41) is 0. The number of carbonyl (C=O) groups excluding carboxylic acids is 1. The monoisotopic (exact) mass is 498 g/mol. The van der Waals surface area contributed by atoms with Crippen molar-refractivity contribution >= 4 is 5.91 Å². The van der Waals surface area contributed by atoms with Crippen molar-refractivity contribution in [3.05, 3.63) is 69.4 Å². The number of carbonyl (C=O) groups is 1. The Kier molecular flexibility index (Phi) is 6.43. The predicted molar refractivity (Wildman–Crippen MR) is 125 cm³/mol. The van der Waals surface area contributed by atoms with Crippen LogP contribution >= 0.6 is 0 Å². The van der Waals surface area contributed by atoms with Gasteiger partial charge in [-0.1, -0.05) is 31.8 Å². The molecule has 1 amide bonds. The molecule has 0 unspecified atom stereocenters. The number of aromatic amines is 1. The first-order valence-corrected chi connectivity index (χ1v) is 11.1. The first-order valence-electron chi connectivity index (χ1n) is 11.1. The van der Waals surface area contributed by atoms with Gasteiger partial charge in [0.25, 0.3) is 5.56 Å². The molecule has 2 heterocycles. The van der Waals surface area contributed by atoms with Gasteiger partial charge in [-0.15, -0.1) is 0 Å². The van der Waals surface area contributed by atoms with Crippen LogP contribution < -0.4 is 11.3 Å². The van der Waals surface area contributed by atoms with E-state index in [0.29, 0.717) is 17.5 Å². The number of hydrogen-bond donors (Lipinski definition) is 2. The Hall–Kier alpha value is -4.00. The van der Waals surface area contributed by atoms with Gasteiger partial charge in [-0.05, 0) is 43.0 Å². The van der Waals surface area contributed by atoms with Gasteiger partial charge in [-0.2, -0.15) is 13.2 Å². The molecule has 0 saturated heterocycles. The fourth-order valence-electron chi connectivity index (χ4n) is 3.53. The van der Waals surface area contributed by atoms with Crippen LogP contribution in [0.1, 0.15) is 43.4 Å². The summed E-state index contributed by atoms with van der Waals surface area (Å²) in [6.45, 7) is 2.91. The fraction of sp³-hybridized carbons (Fsp3) is 0.308. The molecule has 0 bridgehead atoms. The summed E-state index contributed by atoms with van der Waals surface area (Å²) >= 11 is 0. The highest BCUT2D eigenvalue weighted by molar-refractivity contribution is 5.80. The van der Waals surface area contributed by atoms with Gasteiger partial charge < -0.3 is 10.7 Å². The second-order valence-electron chi connectivity index (χ2n) is 9.34. The second kappa shape index (κ2) is 9.22. The van der Waals surface area contributed by atoms with Crippen LogP contribution in [0.5, 0.6) is 0 Å². The largest absolute Gasteiger partial charge is 0.417 e. The van der Waals surface area contributed by atoms with Crippen molar-refractivity contribution in [2.75, 3.05) is 0 Å². The van der Waals surface area contributed by atoms with Gasteiger partial charge in [0.2, 0.25) is 5.91 Å². The van der Waals surface area contributed by atoms with Gasteiger partial charge >= 0.3 is 6.18 Å². The summed E-state index contributed by atoms with van der Waals surface area (Å²) < 4.78 is 57.1. The molecule has 186 valence electrons. The third-order valence-corrected chi connectivity index (χ3v) is 5.83. The third kappa shape index (κ3) is 5.46. The van der Waals surface area contributed by atoms with Gasteiger partial charge in [0.15, 0.2) is 0 Å². The van der Waals surface area contributed by atoms with Gasteiger partial charge in [-0.3, -0.25) is 14.6 Å². The first-order chi connectivity index (χ1) is 16.8. The topological polar surface area (TPSA) is 102 Å². The van der Waals surface area contributed by atoms with Crippen molar-refractivity contribution in [3.63, 3.8) is 0 Å². The molecule has 0 spiro atoms. The molecule has 1 saturated carbocycles. The number of primary amides is 1. The lowest BCUT2D eigenvalue weighted by Gasteiger charge is -2.22. The van der Waals surface area contributed by atoms with Gasteiger partial charge in [0.1, 0.15) is 11.6 Å². The Morgan fingerprint density at radius 3 is 2.47 bits per heavy atom. The number of rotatable bonds is 5. The molecule has 6 nitrogen and oxygen atoms in total. The zero-order valence-electron chi connectivity index (χ0n) is 19.5. The van der Waals surface area contributed by atoms with E-state index in [-0.39, 0.29) is 23.4 Å². The maximum Gasteiger partial charge on any atom is 0.417 e. The summed E-state index contributed by atoms with van der Waals surface area (Å²) in [5.74, 6) is 3.87.